The van der Waals surface area contributed by atoms with Crippen molar-refractivity contribution >= 4 is 33.0 Å². The summed E-state index contributed by atoms with van der Waals surface area (Å²) >= 11 is 6.11. The molecule has 22 heavy (non-hydrogen) atoms. The van der Waals surface area contributed by atoms with Crippen LogP contribution in [0.15, 0.2) is 41.3 Å². The lowest BCUT2D eigenvalue weighted by atomic mass is 10.2. The molecule has 0 aliphatic rings. The first-order valence-electron chi connectivity index (χ1n) is 6.47. The van der Waals surface area contributed by atoms with Crippen LogP contribution in [0.5, 0.6) is 0 Å². The molecule has 2 aromatic carbocycles. The normalized spacial score (nSPS) is 11.3. The van der Waals surface area contributed by atoms with E-state index in [0.717, 1.165) is 6.07 Å². The van der Waals surface area contributed by atoms with Crippen LogP contribution in [0.1, 0.15) is 5.56 Å². The number of nitrogens with one attached hydrogen (secondary N) is 1. The summed E-state index contributed by atoms with van der Waals surface area (Å²) in [6, 6.07) is 8.79. The molecule has 0 atom stereocenters. The molecule has 0 aromatic heterocycles. The van der Waals surface area contributed by atoms with Crippen molar-refractivity contribution in [2.45, 2.75) is 11.8 Å². The first-order chi connectivity index (χ1) is 10.2. The van der Waals surface area contributed by atoms with Crippen LogP contribution < -0.4 is 9.62 Å². The van der Waals surface area contributed by atoms with Crippen LogP contribution >= 0.6 is 11.6 Å². The predicted molar refractivity (Wildman–Crippen MR) is 87.7 cm³/mol. The third-order valence-electron chi connectivity index (χ3n) is 3.05. The highest BCUT2D eigenvalue weighted by molar-refractivity contribution is 7.92. The maximum absolute atomic E-state index is 13.9. The first kappa shape index (κ1) is 16.6. The average Bonchev–Trinajstić information content (AvgIpc) is 2.40. The van der Waals surface area contributed by atoms with Crippen LogP contribution in [0.25, 0.3) is 0 Å². The fourth-order valence-corrected chi connectivity index (χ4v) is 3.64. The topological polar surface area (TPSA) is 49.4 Å². The van der Waals surface area contributed by atoms with E-state index in [-0.39, 0.29) is 0 Å². The van der Waals surface area contributed by atoms with Gasteiger partial charge in [-0.25, -0.2) is 12.8 Å². The molecule has 1 N–H and O–H groups in total. The second kappa shape index (κ2) is 6.14. The van der Waals surface area contributed by atoms with Crippen molar-refractivity contribution < 1.29 is 12.8 Å². The molecule has 7 heteroatoms. The number of benzene rings is 2. The Labute approximate surface area is 134 Å². The zero-order chi connectivity index (χ0) is 16.5. The monoisotopic (exact) mass is 342 g/mol. The number of rotatable bonds is 4. The molecule has 0 heterocycles. The van der Waals surface area contributed by atoms with E-state index in [2.05, 4.69) is 4.72 Å². The zero-order valence-electron chi connectivity index (χ0n) is 12.4. The van der Waals surface area contributed by atoms with Gasteiger partial charge in [0.05, 0.1) is 16.4 Å². The van der Waals surface area contributed by atoms with E-state index in [1.165, 1.54) is 12.1 Å². The van der Waals surface area contributed by atoms with E-state index >= 15 is 0 Å². The highest BCUT2D eigenvalue weighted by atomic mass is 35.5. The lowest BCUT2D eigenvalue weighted by molar-refractivity contribution is 0.570. The minimum Gasteiger partial charge on any atom is -0.375 e. The minimum absolute atomic E-state index is 0.290. The highest BCUT2D eigenvalue weighted by Gasteiger charge is 2.21. The van der Waals surface area contributed by atoms with Gasteiger partial charge in [0.2, 0.25) is 0 Å². The highest BCUT2D eigenvalue weighted by Crippen LogP contribution is 2.34. The molecular formula is C15H16ClFN2O2S. The molecule has 0 radical (unpaired) electrons. The van der Waals surface area contributed by atoms with Crippen molar-refractivity contribution in [1.82, 2.24) is 0 Å². The van der Waals surface area contributed by atoms with Gasteiger partial charge in [-0.05, 0) is 36.8 Å². The number of aryl methyl sites for hydroxylation is 1. The van der Waals surface area contributed by atoms with Crippen LogP contribution in [0.2, 0.25) is 5.02 Å². The maximum Gasteiger partial charge on any atom is 0.264 e. The lowest BCUT2D eigenvalue weighted by Gasteiger charge is -2.20. The molecule has 0 unspecified atom stereocenters. The Bertz CT molecular complexity index is 807. The Balaban J connectivity index is 2.50. The second-order valence-corrected chi connectivity index (χ2v) is 7.13. The third-order valence-corrected chi connectivity index (χ3v) is 4.74. The van der Waals surface area contributed by atoms with E-state index in [1.807, 2.05) is 0 Å². The minimum atomic E-state index is -4.05. The van der Waals surface area contributed by atoms with Gasteiger partial charge in [0.1, 0.15) is 10.7 Å². The number of hydrogen-bond donors (Lipinski definition) is 1. The van der Waals surface area contributed by atoms with Gasteiger partial charge in [-0.15, -0.1) is 0 Å². The molecule has 4 nitrogen and oxygen atoms in total. The molecular weight excluding hydrogens is 327 g/mol. The van der Waals surface area contributed by atoms with Gasteiger partial charge >= 0.3 is 0 Å². The van der Waals surface area contributed by atoms with Crippen molar-refractivity contribution in [1.29, 1.82) is 0 Å². The van der Waals surface area contributed by atoms with Gasteiger partial charge in [0.25, 0.3) is 10.0 Å². The van der Waals surface area contributed by atoms with Gasteiger partial charge in [-0.3, -0.25) is 4.72 Å². The summed E-state index contributed by atoms with van der Waals surface area (Å²) in [4.78, 5) is 1.30. The third kappa shape index (κ3) is 3.34. The molecule has 0 aliphatic carbocycles. The quantitative estimate of drug-likeness (QED) is 0.922. The number of para-hydroxylation sites is 1. The van der Waals surface area contributed by atoms with Gasteiger partial charge in [-0.2, -0.15) is 0 Å². The Morgan fingerprint density at radius 1 is 1.18 bits per heavy atom. The van der Waals surface area contributed by atoms with Crippen LogP contribution in [0.3, 0.4) is 0 Å². The van der Waals surface area contributed by atoms with E-state index < -0.39 is 20.7 Å². The van der Waals surface area contributed by atoms with E-state index in [0.29, 0.717) is 22.0 Å². The molecule has 0 saturated carbocycles. The zero-order valence-corrected chi connectivity index (χ0v) is 14.0. The van der Waals surface area contributed by atoms with Crippen molar-refractivity contribution in [2.75, 3.05) is 23.7 Å². The predicted octanol–water partition coefficient (Wildman–Crippen LogP) is 3.65. The number of nitrogens with zero attached hydrogens (tertiary/aromatic N) is 1. The molecule has 0 fully saturated rings. The molecule has 0 saturated heterocycles. The van der Waals surface area contributed by atoms with Crippen LogP contribution in [0, 0.1) is 12.7 Å². The summed E-state index contributed by atoms with van der Waals surface area (Å²) in [5, 5.41) is 0.398. The van der Waals surface area contributed by atoms with Crippen LogP contribution in [-0.2, 0) is 10.0 Å². The largest absolute Gasteiger partial charge is 0.375 e. The van der Waals surface area contributed by atoms with Crippen molar-refractivity contribution in [2.24, 2.45) is 0 Å². The molecule has 0 spiro atoms. The lowest BCUT2D eigenvalue weighted by Crippen LogP contribution is -2.18. The summed E-state index contributed by atoms with van der Waals surface area (Å²) in [5.41, 5.74) is 1.46. The summed E-state index contributed by atoms with van der Waals surface area (Å²) in [5.74, 6) is -0.800. The van der Waals surface area contributed by atoms with E-state index in [9.17, 15) is 12.8 Å². The fourth-order valence-electron chi connectivity index (χ4n) is 2.07. The number of hydrogen-bond acceptors (Lipinski definition) is 3. The molecule has 118 valence electrons. The number of sulfonamides is 1. The number of anilines is 2. The summed E-state index contributed by atoms with van der Waals surface area (Å²) in [6.07, 6.45) is 0. The summed E-state index contributed by atoms with van der Waals surface area (Å²) in [6.45, 7) is 1.70. The number of halogens is 2. The van der Waals surface area contributed by atoms with E-state index in [1.54, 1.807) is 44.1 Å². The first-order valence-corrected chi connectivity index (χ1v) is 8.33. The van der Waals surface area contributed by atoms with Crippen LogP contribution in [0.4, 0.5) is 15.8 Å². The molecule has 0 bridgehead atoms. The van der Waals surface area contributed by atoms with Crippen molar-refractivity contribution in [3.8, 4) is 0 Å². The Kier molecular flexibility index (Phi) is 4.63. The van der Waals surface area contributed by atoms with Crippen LogP contribution in [-0.4, -0.2) is 22.5 Å². The maximum atomic E-state index is 13.9. The molecule has 2 rings (SSSR count). The van der Waals surface area contributed by atoms with Crippen molar-refractivity contribution in [3.05, 3.63) is 52.8 Å². The van der Waals surface area contributed by atoms with Crippen molar-refractivity contribution in [3.63, 3.8) is 0 Å². The average molecular weight is 343 g/mol. The van der Waals surface area contributed by atoms with Gasteiger partial charge in [0.15, 0.2) is 0 Å². The Hall–Kier alpha value is -1.79. The Morgan fingerprint density at radius 2 is 1.86 bits per heavy atom. The summed E-state index contributed by atoms with van der Waals surface area (Å²) < 4.78 is 41.1. The fraction of sp³-hybridized carbons (Fsp3) is 0.200. The Morgan fingerprint density at radius 3 is 2.50 bits per heavy atom. The SMILES string of the molecule is Cc1ccc(F)c(S(=O)(=O)Nc2cccc(Cl)c2N(C)C)c1. The van der Waals surface area contributed by atoms with Gasteiger partial charge < -0.3 is 4.90 Å². The standard InChI is InChI=1S/C15H16ClFN2O2S/c1-10-7-8-12(17)14(9-10)22(20,21)18-13-6-4-5-11(16)15(13)19(2)3/h4-9,18H,1-3H3. The smallest absolute Gasteiger partial charge is 0.264 e. The molecule has 0 amide bonds. The molecule has 0 aliphatic heterocycles. The van der Waals surface area contributed by atoms with E-state index in [4.69, 9.17) is 11.6 Å². The second-order valence-electron chi connectivity index (χ2n) is 5.07. The molecule has 2 aromatic rings. The summed E-state index contributed by atoms with van der Waals surface area (Å²) in [7, 11) is -0.565. The van der Waals surface area contributed by atoms with Gasteiger partial charge in [0, 0.05) is 14.1 Å². The van der Waals surface area contributed by atoms with Gasteiger partial charge in [-0.1, -0.05) is 23.7 Å².